The van der Waals surface area contributed by atoms with E-state index in [1.165, 1.54) is 24.8 Å². The summed E-state index contributed by atoms with van der Waals surface area (Å²) in [6.45, 7) is 6.22. The van der Waals surface area contributed by atoms with Crippen LogP contribution in [0.3, 0.4) is 0 Å². The third kappa shape index (κ3) is 4.03. The first kappa shape index (κ1) is 16.7. The van der Waals surface area contributed by atoms with Gasteiger partial charge in [-0.15, -0.1) is 0 Å². The van der Waals surface area contributed by atoms with E-state index in [2.05, 4.69) is 11.0 Å². The number of rotatable bonds is 3. The molecule has 0 N–H and O–H groups in total. The molecule has 128 valence electrons. The van der Waals surface area contributed by atoms with E-state index in [-0.39, 0.29) is 5.57 Å². The highest BCUT2D eigenvalue weighted by atomic mass is 16.7. The largest absolute Gasteiger partial charge is 0.419 e. The lowest BCUT2D eigenvalue weighted by molar-refractivity contribution is -0.222. The quantitative estimate of drug-likeness (QED) is 0.485. The lowest BCUT2D eigenvalue weighted by Crippen LogP contribution is -2.41. The predicted molar refractivity (Wildman–Crippen MR) is 89.8 cm³/mol. The van der Waals surface area contributed by atoms with Crippen molar-refractivity contribution < 1.29 is 19.1 Å². The molecule has 0 aromatic heterocycles. The summed E-state index contributed by atoms with van der Waals surface area (Å²) in [7, 11) is 0. The molecule has 5 nitrogen and oxygen atoms in total. The maximum Gasteiger partial charge on any atom is 0.348 e. The van der Waals surface area contributed by atoms with Crippen LogP contribution in [0.1, 0.15) is 44.2 Å². The summed E-state index contributed by atoms with van der Waals surface area (Å²) in [5.41, 5.74) is 1.90. The molecule has 0 amide bonds. The van der Waals surface area contributed by atoms with E-state index in [0.29, 0.717) is 0 Å². The van der Waals surface area contributed by atoms with Crippen molar-refractivity contribution in [2.75, 3.05) is 13.1 Å². The molecule has 2 saturated heterocycles. The van der Waals surface area contributed by atoms with E-state index >= 15 is 0 Å². The van der Waals surface area contributed by atoms with Crippen LogP contribution in [-0.2, 0) is 25.6 Å². The third-order valence-electron chi connectivity index (χ3n) is 4.23. The molecule has 0 aliphatic carbocycles. The van der Waals surface area contributed by atoms with E-state index in [1.807, 2.05) is 18.2 Å². The first-order valence-electron chi connectivity index (χ1n) is 8.43. The Morgan fingerprint density at radius 2 is 1.75 bits per heavy atom. The molecule has 0 radical (unpaired) electrons. The number of piperidine rings is 1. The molecule has 3 rings (SSSR count). The summed E-state index contributed by atoms with van der Waals surface area (Å²) in [6.07, 6.45) is 5.34. The fraction of sp³-hybridized carbons (Fsp3) is 0.474. The molecule has 0 unspecified atom stereocenters. The van der Waals surface area contributed by atoms with Crippen molar-refractivity contribution in [3.8, 4) is 0 Å². The number of carbonyl (C=O) groups is 2. The van der Waals surface area contributed by atoms with E-state index in [9.17, 15) is 9.59 Å². The minimum Gasteiger partial charge on any atom is -0.419 e. The highest BCUT2D eigenvalue weighted by Gasteiger charge is 2.38. The maximum absolute atomic E-state index is 12.0. The zero-order valence-corrected chi connectivity index (χ0v) is 14.2. The Hall–Kier alpha value is -2.14. The number of nitrogens with zero attached hydrogens (tertiary/aromatic N) is 1. The number of hydrogen-bond acceptors (Lipinski definition) is 5. The number of hydrogen-bond donors (Lipinski definition) is 0. The topological polar surface area (TPSA) is 55.8 Å². The first-order valence-corrected chi connectivity index (χ1v) is 8.43. The molecule has 0 bridgehead atoms. The second-order valence-electron chi connectivity index (χ2n) is 6.82. The Balaban J connectivity index is 1.76. The normalized spacial score (nSPS) is 21.2. The average molecular weight is 329 g/mol. The van der Waals surface area contributed by atoms with Crippen LogP contribution < -0.4 is 0 Å². The number of ether oxygens (including phenoxy) is 2. The number of carbonyl (C=O) groups excluding carboxylic acids is 2. The highest BCUT2D eigenvalue weighted by Crippen LogP contribution is 2.24. The summed E-state index contributed by atoms with van der Waals surface area (Å²) in [6, 6.07) is 7.88. The van der Waals surface area contributed by atoms with Gasteiger partial charge in [-0.3, -0.25) is 4.90 Å². The average Bonchev–Trinajstić information content (AvgIpc) is 2.51. The van der Waals surface area contributed by atoms with Crippen LogP contribution in [0.2, 0.25) is 0 Å². The second-order valence-corrected chi connectivity index (χ2v) is 6.82. The Labute approximate surface area is 142 Å². The molecule has 5 heteroatoms. The molecule has 2 aliphatic rings. The second kappa shape index (κ2) is 6.77. The first-order chi connectivity index (χ1) is 11.4. The van der Waals surface area contributed by atoms with Crippen molar-refractivity contribution in [2.45, 2.75) is 45.4 Å². The van der Waals surface area contributed by atoms with Crippen LogP contribution in [0, 0.1) is 0 Å². The molecule has 0 saturated carbocycles. The van der Waals surface area contributed by atoms with Crippen LogP contribution in [-0.4, -0.2) is 35.7 Å². The van der Waals surface area contributed by atoms with Gasteiger partial charge in [0.05, 0.1) is 0 Å². The van der Waals surface area contributed by atoms with Gasteiger partial charge >= 0.3 is 11.9 Å². The lowest BCUT2D eigenvalue weighted by atomic mass is 10.1. The molecule has 2 aliphatic heterocycles. The summed E-state index contributed by atoms with van der Waals surface area (Å²) in [4.78, 5) is 26.5. The van der Waals surface area contributed by atoms with Gasteiger partial charge in [-0.25, -0.2) is 9.59 Å². The fourth-order valence-corrected chi connectivity index (χ4v) is 3.10. The Bertz CT molecular complexity index is 650. The summed E-state index contributed by atoms with van der Waals surface area (Å²) < 4.78 is 10.2. The molecule has 0 atom stereocenters. The molecular weight excluding hydrogens is 306 g/mol. The lowest BCUT2D eigenvalue weighted by Gasteiger charge is -2.29. The molecule has 24 heavy (non-hydrogen) atoms. The van der Waals surface area contributed by atoms with Gasteiger partial charge in [-0.05, 0) is 43.1 Å². The van der Waals surface area contributed by atoms with Gasteiger partial charge in [-0.2, -0.15) is 0 Å². The fourth-order valence-electron chi connectivity index (χ4n) is 3.10. The Kier molecular flexibility index (Phi) is 4.71. The van der Waals surface area contributed by atoms with Crippen LogP contribution in [0.25, 0.3) is 6.08 Å². The zero-order valence-electron chi connectivity index (χ0n) is 14.2. The summed E-state index contributed by atoms with van der Waals surface area (Å²) >= 11 is 0. The predicted octanol–water partition coefficient (Wildman–Crippen LogP) is 2.89. The smallest absolute Gasteiger partial charge is 0.348 e. The van der Waals surface area contributed by atoms with Gasteiger partial charge < -0.3 is 9.47 Å². The van der Waals surface area contributed by atoms with Gasteiger partial charge in [0, 0.05) is 20.4 Å². The maximum atomic E-state index is 12.0. The Morgan fingerprint density at radius 1 is 1.08 bits per heavy atom. The molecule has 1 aromatic carbocycles. The van der Waals surface area contributed by atoms with Crippen molar-refractivity contribution in [3.63, 3.8) is 0 Å². The van der Waals surface area contributed by atoms with Crippen LogP contribution >= 0.6 is 0 Å². The summed E-state index contributed by atoms with van der Waals surface area (Å²) in [5, 5.41) is 0. The van der Waals surface area contributed by atoms with Crippen molar-refractivity contribution in [2.24, 2.45) is 0 Å². The summed E-state index contributed by atoms with van der Waals surface area (Å²) in [5.74, 6) is -2.49. The van der Waals surface area contributed by atoms with E-state index in [1.54, 1.807) is 19.9 Å². The number of esters is 2. The number of cyclic esters (lactones) is 2. The van der Waals surface area contributed by atoms with Crippen LogP contribution in [0.15, 0.2) is 29.8 Å². The zero-order chi connectivity index (χ0) is 17.2. The Morgan fingerprint density at radius 3 is 2.42 bits per heavy atom. The monoisotopic (exact) mass is 329 g/mol. The minimum atomic E-state index is -1.21. The van der Waals surface area contributed by atoms with Gasteiger partial charge in [0.2, 0.25) is 0 Å². The van der Waals surface area contributed by atoms with Gasteiger partial charge in [-0.1, -0.05) is 30.7 Å². The van der Waals surface area contributed by atoms with Gasteiger partial charge in [0.25, 0.3) is 5.79 Å². The third-order valence-corrected chi connectivity index (χ3v) is 4.23. The van der Waals surface area contributed by atoms with E-state index < -0.39 is 17.7 Å². The van der Waals surface area contributed by atoms with Crippen molar-refractivity contribution in [1.29, 1.82) is 0 Å². The van der Waals surface area contributed by atoms with E-state index in [4.69, 9.17) is 9.47 Å². The van der Waals surface area contributed by atoms with Crippen LogP contribution in [0.5, 0.6) is 0 Å². The SMILES string of the molecule is CC1(C)OC(=O)C(=Cc2cccc(CN3CCCCC3)c2)C(=O)O1. The molecule has 2 fully saturated rings. The molecule has 0 spiro atoms. The van der Waals surface area contributed by atoms with Crippen molar-refractivity contribution in [1.82, 2.24) is 4.90 Å². The minimum absolute atomic E-state index is 0.0653. The van der Waals surface area contributed by atoms with Gasteiger partial charge in [0.1, 0.15) is 5.57 Å². The van der Waals surface area contributed by atoms with Crippen molar-refractivity contribution >= 4 is 18.0 Å². The number of benzene rings is 1. The number of likely N-dealkylation sites (tertiary alicyclic amines) is 1. The highest BCUT2D eigenvalue weighted by molar-refractivity contribution is 6.18. The standard InChI is InChI=1S/C19H23NO4/c1-19(2)23-17(21)16(18(22)24-19)12-14-7-6-8-15(11-14)13-20-9-4-3-5-10-20/h6-8,11-12H,3-5,9-10,13H2,1-2H3. The molecule has 1 aromatic rings. The van der Waals surface area contributed by atoms with Gasteiger partial charge in [0.15, 0.2) is 0 Å². The van der Waals surface area contributed by atoms with Crippen molar-refractivity contribution in [3.05, 3.63) is 41.0 Å². The molecular formula is C19H23NO4. The molecule has 2 heterocycles. The van der Waals surface area contributed by atoms with E-state index in [0.717, 1.165) is 25.2 Å². The van der Waals surface area contributed by atoms with Crippen LogP contribution in [0.4, 0.5) is 0 Å².